The van der Waals surface area contributed by atoms with Gasteiger partial charge < -0.3 is 5.32 Å². The van der Waals surface area contributed by atoms with E-state index in [1.165, 1.54) is 31.2 Å². The number of nitrogens with zero attached hydrogens (tertiary/aromatic N) is 2. The van der Waals surface area contributed by atoms with Crippen molar-refractivity contribution in [3.8, 4) is 0 Å². The van der Waals surface area contributed by atoms with E-state index in [1.807, 2.05) is 0 Å². The summed E-state index contributed by atoms with van der Waals surface area (Å²) in [5.74, 6) is -0.368. The number of hydrogen-bond donors (Lipinski definition) is 2. The number of aldehydes is 1. The van der Waals surface area contributed by atoms with Crippen molar-refractivity contribution in [1.82, 2.24) is 10.2 Å². The van der Waals surface area contributed by atoms with Crippen LogP contribution >= 0.6 is 11.3 Å². The van der Waals surface area contributed by atoms with Gasteiger partial charge in [-0.1, -0.05) is 11.3 Å². The van der Waals surface area contributed by atoms with Gasteiger partial charge in [0, 0.05) is 18.2 Å². The highest BCUT2D eigenvalue weighted by Crippen LogP contribution is 2.22. The predicted octanol–water partition coefficient (Wildman–Crippen LogP) is 1.11. The Bertz CT molecular complexity index is 768. The summed E-state index contributed by atoms with van der Waals surface area (Å²) in [5, 5.41) is 9.53. The molecule has 0 atom stereocenters. The van der Waals surface area contributed by atoms with E-state index in [1.54, 1.807) is 0 Å². The fourth-order valence-corrected chi connectivity index (χ4v) is 3.35. The first-order valence-corrected chi connectivity index (χ1v) is 7.90. The Morgan fingerprint density at radius 1 is 1.24 bits per heavy atom. The Morgan fingerprint density at radius 2 is 1.90 bits per heavy atom. The predicted molar refractivity (Wildman–Crippen MR) is 76.9 cm³/mol. The topological polar surface area (TPSA) is 118 Å². The number of rotatable bonds is 5. The lowest BCUT2D eigenvalue weighted by Gasteiger charge is -2.04. The van der Waals surface area contributed by atoms with Gasteiger partial charge in [0.1, 0.15) is 6.29 Å². The molecule has 21 heavy (non-hydrogen) atoms. The van der Waals surface area contributed by atoms with Gasteiger partial charge >= 0.3 is 0 Å². The van der Waals surface area contributed by atoms with Crippen molar-refractivity contribution in [2.24, 2.45) is 0 Å². The molecule has 0 unspecified atom stereocenters. The van der Waals surface area contributed by atoms with Crippen molar-refractivity contribution in [3.63, 3.8) is 0 Å². The van der Waals surface area contributed by atoms with Crippen LogP contribution in [0.3, 0.4) is 0 Å². The molecule has 1 heterocycles. The average Bonchev–Trinajstić information content (AvgIpc) is 2.88. The van der Waals surface area contributed by atoms with Crippen LogP contribution in [0, 0.1) is 0 Å². The fourth-order valence-electron chi connectivity index (χ4n) is 1.35. The number of sulfonamides is 1. The van der Waals surface area contributed by atoms with Gasteiger partial charge in [0.05, 0.1) is 0 Å². The summed E-state index contributed by atoms with van der Waals surface area (Å²) in [6, 6.07) is 5.87. The molecular formula is C11H10N4O4S2. The van der Waals surface area contributed by atoms with Crippen molar-refractivity contribution in [2.75, 3.05) is 10.0 Å². The SMILES string of the molecule is CC(=O)Nc1nnc(S(=O)(=O)Nc2ccc(C=O)cc2)s1. The van der Waals surface area contributed by atoms with E-state index >= 15 is 0 Å². The molecule has 0 bridgehead atoms. The zero-order valence-corrected chi connectivity index (χ0v) is 12.4. The minimum atomic E-state index is -3.89. The van der Waals surface area contributed by atoms with E-state index in [4.69, 9.17) is 0 Å². The van der Waals surface area contributed by atoms with Crippen LogP contribution in [0.4, 0.5) is 10.8 Å². The molecule has 0 spiro atoms. The van der Waals surface area contributed by atoms with Crippen molar-refractivity contribution >= 4 is 44.4 Å². The van der Waals surface area contributed by atoms with Gasteiger partial charge in [-0.05, 0) is 24.3 Å². The summed E-state index contributed by atoms with van der Waals surface area (Å²) in [7, 11) is -3.89. The zero-order valence-electron chi connectivity index (χ0n) is 10.7. The molecule has 0 radical (unpaired) electrons. The normalized spacial score (nSPS) is 10.9. The molecule has 110 valence electrons. The summed E-state index contributed by atoms with van der Waals surface area (Å²) in [6.07, 6.45) is 0.655. The summed E-state index contributed by atoms with van der Waals surface area (Å²) in [4.78, 5) is 21.4. The molecule has 0 saturated carbocycles. The molecule has 1 amide bonds. The van der Waals surface area contributed by atoms with Crippen molar-refractivity contribution in [3.05, 3.63) is 29.8 Å². The largest absolute Gasteiger partial charge is 0.301 e. The Labute approximate surface area is 124 Å². The van der Waals surface area contributed by atoms with Crippen LogP contribution in [0.25, 0.3) is 0 Å². The third-order valence-corrected chi connectivity index (χ3v) is 4.81. The third-order valence-electron chi connectivity index (χ3n) is 2.22. The molecule has 0 aliphatic carbocycles. The van der Waals surface area contributed by atoms with Crippen LogP contribution in [0.5, 0.6) is 0 Å². The molecule has 2 aromatic rings. The van der Waals surface area contributed by atoms with E-state index in [0.717, 1.165) is 11.3 Å². The lowest BCUT2D eigenvalue weighted by Crippen LogP contribution is -2.12. The second-order valence-electron chi connectivity index (χ2n) is 3.90. The monoisotopic (exact) mass is 326 g/mol. The molecule has 10 heteroatoms. The fraction of sp³-hybridized carbons (Fsp3) is 0.0909. The maximum atomic E-state index is 12.1. The summed E-state index contributed by atoms with van der Waals surface area (Å²) in [5.41, 5.74) is 0.721. The second kappa shape index (κ2) is 5.97. The summed E-state index contributed by atoms with van der Waals surface area (Å²) >= 11 is 0.734. The number of carbonyl (C=O) groups excluding carboxylic acids is 2. The van der Waals surface area contributed by atoms with Crippen LogP contribution in [0.1, 0.15) is 17.3 Å². The number of carbonyl (C=O) groups is 2. The van der Waals surface area contributed by atoms with Gasteiger partial charge in [0.25, 0.3) is 14.4 Å². The molecule has 0 aliphatic rings. The van der Waals surface area contributed by atoms with Crippen LogP contribution in [0.2, 0.25) is 0 Å². The quantitative estimate of drug-likeness (QED) is 0.627. The third kappa shape index (κ3) is 3.83. The molecule has 1 aromatic carbocycles. The first-order valence-electron chi connectivity index (χ1n) is 5.60. The molecule has 2 rings (SSSR count). The Morgan fingerprint density at radius 3 is 2.48 bits per heavy atom. The lowest BCUT2D eigenvalue weighted by atomic mass is 10.2. The Balaban J connectivity index is 2.18. The Kier molecular flexibility index (Phi) is 4.29. The van der Waals surface area contributed by atoms with Gasteiger partial charge in [-0.2, -0.15) is 8.42 Å². The first kappa shape index (κ1) is 15.1. The maximum absolute atomic E-state index is 12.1. The first-order chi connectivity index (χ1) is 9.90. The maximum Gasteiger partial charge on any atom is 0.291 e. The number of anilines is 2. The molecule has 2 N–H and O–H groups in total. The van der Waals surface area contributed by atoms with Crippen LogP contribution in [-0.4, -0.2) is 30.8 Å². The Hall–Kier alpha value is -2.33. The van der Waals surface area contributed by atoms with Crippen molar-refractivity contribution < 1.29 is 18.0 Å². The van der Waals surface area contributed by atoms with Gasteiger partial charge in [-0.3, -0.25) is 14.3 Å². The van der Waals surface area contributed by atoms with Gasteiger partial charge in [0.2, 0.25) is 11.0 Å². The van der Waals surface area contributed by atoms with E-state index in [0.29, 0.717) is 11.8 Å². The van der Waals surface area contributed by atoms with Crippen LogP contribution in [-0.2, 0) is 14.8 Å². The molecule has 8 nitrogen and oxygen atoms in total. The highest BCUT2D eigenvalue weighted by molar-refractivity contribution is 7.94. The van der Waals surface area contributed by atoms with Gasteiger partial charge in [-0.25, -0.2) is 0 Å². The highest BCUT2D eigenvalue weighted by Gasteiger charge is 2.20. The minimum Gasteiger partial charge on any atom is -0.301 e. The molecular weight excluding hydrogens is 316 g/mol. The van der Waals surface area contributed by atoms with Crippen LogP contribution in [0.15, 0.2) is 28.6 Å². The summed E-state index contributed by atoms with van der Waals surface area (Å²) in [6.45, 7) is 1.28. The van der Waals surface area contributed by atoms with Crippen molar-refractivity contribution in [2.45, 2.75) is 11.3 Å². The number of hydrogen-bond acceptors (Lipinski definition) is 7. The lowest BCUT2D eigenvalue weighted by molar-refractivity contribution is -0.114. The van der Waals surface area contributed by atoms with Gasteiger partial charge in [0.15, 0.2) is 0 Å². The number of benzene rings is 1. The molecule has 0 saturated heterocycles. The zero-order chi connectivity index (χ0) is 15.5. The van der Waals surface area contributed by atoms with E-state index < -0.39 is 10.0 Å². The van der Waals surface area contributed by atoms with Crippen molar-refractivity contribution in [1.29, 1.82) is 0 Å². The highest BCUT2D eigenvalue weighted by atomic mass is 32.2. The van der Waals surface area contributed by atoms with E-state index in [2.05, 4.69) is 20.2 Å². The standard InChI is InChI=1S/C11H10N4O4S2/c1-7(17)12-10-13-14-11(20-10)21(18,19)15-9-4-2-8(6-16)3-5-9/h2-6,15H,1H3,(H,12,13,17). The average molecular weight is 326 g/mol. The van der Waals surface area contributed by atoms with Crippen LogP contribution < -0.4 is 10.0 Å². The minimum absolute atomic E-state index is 0.0965. The smallest absolute Gasteiger partial charge is 0.291 e. The molecule has 1 aromatic heterocycles. The van der Waals surface area contributed by atoms with E-state index in [-0.39, 0.29) is 21.1 Å². The molecule has 0 aliphatic heterocycles. The molecule has 0 fully saturated rings. The summed E-state index contributed by atoms with van der Waals surface area (Å²) < 4.78 is 26.2. The number of aromatic nitrogens is 2. The second-order valence-corrected chi connectivity index (χ2v) is 6.73. The number of nitrogens with one attached hydrogen (secondary N) is 2. The van der Waals surface area contributed by atoms with Gasteiger partial charge in [-0.15, -0.1) is 10.2 Å². The number of amides is 1. The van der Waals surface area contributed by atoms with E-state index in [9.17, 15) is 18.0 Å².